The van der Waals surface area contributed by atoms with Gasteiger partial charge in [0.25, 0.3) is 0 Å². The lowest BCUT2D eigenvalue weighted by Crippen LogP contribution is -2.44. The number of carboxylic acid groups (broad SMARTS) is 1. The fraction of sp³-hybridized carbons (Fsp3) is 0.650. The zero-order valence-corrected chi connectivity index (χ0v) is 15.8. The molecule has 0 radical (unpaired) electrons. The lowest BCUT2D eigenvalue weighted by atomic mass is 9.81. The summed E-state index contributed by atoms with van der Waals surface area (Å²) in [5.74, 6) is 0.0333. The third-order valence-corrected chi connectivity index (χ3v) is 6.49. The highest BCUT2D eigenvalue weighted by molar-refractivity contribution is 5.77. The molecule has 3 heterocycles. The summed E-state index contributed by atoms with van der Waals surface area (Å²) in [6, 6.07) is 5.83. The van der Waals surface area contributed by atoms with Crippen LogP contribution >= 0.6 is 0 Å². The highest BCUT2D eigenvalue weighted by Gasteiger charge is 2.58. The van der Waals surface area contributed by atoms with E-state index in [4.69, 9.17) is 9.47 Å². The van der Waals surface area contributed by atoms with E-state index in [9.17, 15) is 15.0 Å². The average Bonchev–Trinajstić information content (AvgIpc) is 3.18. The van der Waals surface area contributed by atoms with Gasteiger partial charge >= 0.3 is 5.97 Å². The second kappa shape index (κ2) is 7.30. The van der Waals surface area contributed by atoms with Gasteiger partial charge in [-0.3, -0.25) is 14.6 Å². The summed E-state index contributed by atoms with van der Waals surface area (Å²) in [4.78, 5) is 16.8. The largest absolute Gasteiger partial charge is 0.504 e. The molecule has 2 N–H and O–H groups in total. The molecule has 2 atom stereocenters. The van der Waals surface area contributed by atoms with Crippen molar-refractivity contribution in [3.8, 4) is 11.5 Å². The number of carbonyl (C=O) groups is 1. The van der Waals surface area contributed by atoms with Gasteiger partial charge in [0, 0.05) is 57.9 Å². The molecule has 3 aliphatic rings. The number of carboxylic acids is 1. The van der Waals surface area contributed by atoms with Crippen molar-refractivity contribution < 1.29 is 24.5 Å². The van der Waals surface area contributed by atoms with Gasteiger partial charge in [-0.2, -0.15) is 0 Å². The Morgan fingerprint density at radius 2 is 2.07 bits per heavy atom. The third kappa shape index (κ3) is 3.39. The molecule has 3 fully saturated rings. The molecule has 0 amide bonds. The molecule has 0 aliphatic carbocycles. The van der Waals surface area contributed by atoms with Crippen LogP contribution in [0.4, 0.5) is 0 Å². The number of hydrogen-bond donors (Lipinski definition) is 2. The Morgan fingerprint density at radius 3 is 2.70 bits per heavy atom. The second-order valence-electron chi connectivity index (χ2n) is 8.11. The predicted molar refractivity (Wildman–Crippen MR) is 98.9 cm³/mol. The number of benzene rings is 1. The van der Waals surface area contributed by atoms with E-state index in [2.05, 4.69) is 9.80 Å². The van der Waals surface area contributed by atoms with Crippen molar-refractivity contribution >= 4 is 5.97 Å². The fourth-order valence-electron chi connectivity index (χ4n) is 5.05. The number of nitrogens with zero attached hydrogens (tertiary/aromatic N) is 2. The lowest BCUT2D eigenvalue weighted by molar-refractivity contribution is -0.149. The van der Waals surface area contributed by atoms with Crippen LogP contribution in [0.1, 0.15) is 18.4 Å². The minimum Gasteiger partial charge on any atom is -0.504 e. The van der Waals surface area contributed by atoms with Gasteiger partial charge in [0.1, 0.15) is 0 Å². The minimum absolute atomic E-state index is 0.119. The Morgan fingerprint density at radius 1 is 1.30 bits per heavy atom. The number of fused-ring (bicyclic) bond motifs is 1. The number of methoxy groups -OCH3 is 1. The van der Waals surface area contributed by atoms with Crippen molar-refractivity contribution in [1.29, 1.82) is 0 Å². The smallest absolute Gasteiger partial charge is 0.312 e. The molecule has 0 aromatic heterocycles. The number of likely N-dealkylation sites (tertiary alicyclic amines) is 2. The van der Waals surface area contributed by atoms with Crippen molar-refractivity contribution in [1.82, 2.24) is 9.80 Å². The van der Waals surface area contributed by atoms with Gasteiger partial charge < -0.3 is 19.7 Å². The molecule has 7 nitrogen and oxygen atoms in total. The summed E-state index contributed by atoms with van der Waals surface area (Å²) in [6.07, 6.45) is 1.99. The summed E-state index contributed by atoms with van der Waals surface area (Å²) >= 11 is 0. The first-order valence-corrected chi connectivity index (χ1v) is 9.65. The van der Waals surface area contributed by atoms with E-state index < -0.39 is 11.4 Å². The highest BCUT2D eigenvalue weighted by Crippen LogP contribution is 2.44. The van der Waals surface area contributed by atoms with Crippen LogP contribution in [0.25, 0.3) is 0 Å². The SMILES string of the molecule is COc1ccc(CN2C[C@H]3CN(C4CCOCC4)C[C@@]3(C(=O)O)C2)cc1O. The monoisotopic (exact) mass is 376 g/mol. The molecule has 1 aromatic rings. The summed E-state index contributed by atoms with van der Waals surface area (Å²) in [7, 11) is 1.52. The molecule has 0 saturated carbocycles. The Kier molecular flexibility index (Phi) is 5.01. The molecule has 148 valence electrons. The number of hydrogen-bond acceptors (Lipinski definition) is 6. The maximum absolute atomic E-state index is 12.2. The predicted octanol–water partition coefficient (Wildman–Crippen LogP) is 1.40. The number of aromatic hydroxyl groups is 1. The molecule has 0 unspecified atom stereocenters. The van der Waals surface area contributed by atoms with E-state index >= 15 is 0 Å². The molecular formula is C20H28N2O5. The van der Waals surface area contributed by atoms with Crippen molar-refractivity contribution in [2.24, 2.45) is 11.3 Å². The molecule has 3 saturated heterocycles. The molecular weight excluding hydrogens is 348 g/mol. The summed E-state index contributed by atoms with van der Waals surface area (Å²) < 4.78 is 10.5. The van der Waals surface area contributed by atoms with Crippen LogP contribution in [0.3, 0.4) is 0 Å². The molecule has 1 aromatic carbocycles. The van der Waals surface area contributed by atoms with Crippen LogP contribution in [0.15, 0.2) is 18.2 Å². The molecule has 7 heteroatoms. The number of phenols is 1. The first kappa shape index (κ1) is 18.5. The first-order chi connectivity index (χ1) is 13.0. The zero-order valence-electron chi connectivity index (χ0n) is 15.8. The number of rotatable bonds is 5. The number of ether oxygens (including phenoxy) is 2. The molecule has 4 rings (SSSR count). The van der Waals surface area contributed by atoms with Crippen LogP contribution in [0, 0.1) is 11.3 Å². The van der Waals surface area contributed by atoms with E-state index in [-0.39, 0.29) is 11.7 Å². The van der Waals surface area contributed by atoms with Crippen LogP contribution in [0.2, 0.25) is 0 Å². The van der Waals surface area contributed by atoms with Crippen molar-refractivity contribution in [3.63, 3.8) is 0 Å². The summed E-state index contributed by atoms with van der Waals surface area (Å²) in [5, 5.41) is 20.0. The standard InChI is InChI=1S/C20H28N2O5/c1-26-18-3-2-14(8-17(18)23)9-21-10-15-11-22(16-4-6-27-7-5-16)13-20(15,12-21)19(24)25/h2-3,8,15-16,23H,4-7,9-13H2,1H3,(H,24,25)/t15-,20-/m0/s1. The van der Waals surface area contributed by atoms with Crippen molar-refractivity contribution in [3.05, 3.63) is 23.8 Å². The number of aliphatic carboxylic acids is 1. The van der Waals surface area contributed by atoms with Crippen LogP contribution in [-0.2, 0) is 16.1 Å². The third-order valence-electron chi connectivity index (χ3n) is 6.49. The first-order valence-electron chi connectivity index (χ1n) is 9.65. The normalized spacial score (nSPS) is 29.7. The maximum Gasteiger partial charge on any atom is 0.312 e. The lowest BCUT2D eigenvalue weighted by Gasteiger charge is -2.33. The van der Waals surface area contributed by atoms with Gasteiger partial charge in [0.15, 0.2) is 11.5 Å². The fourth-order valence-corrected chi connectivity index (χ4v) is 5.05. The Labute approximate surface area is 159 Å². The summed E-state index contributed by atoms with van der Waals surface area (Å²) in [5.41, 5.74) is 0.280. The van der Waals surface area contributed by atoms with Gasteiger partial charge in [-0.05, 0) is 30.5 Å². The minimum atomic E-state index is -0.688. The highest BCUT2D eigenvalue weighted by atomic mass is 16.5. The maximum atomic E-state index is 12.2. The van der Waals surface area contributed by atoms with Crippen LogP contribution < -0.4 is 4.74 Å². The quantitative estimate of drug-likeness (QED) is 0.804. The Bertz CT molecular complexity index is 706. The van der Waals surface area contributed by atoms with Crippen LogP contribution in [0.5, 0.6) is 11.5 Å². The van der Waals surface area contributed by atoms with E-state index in [0.717, 1.165) is 44.7 Å². The van der Waals surface area contributed by atoms with E-state index in [1.807, 2.05) is 6.07 Å². The van der Waals surface area contributed by atoms with Gasteiger partial charge in [-0.15, -0.1) is 0 Å². The van der Waals surface area contributed by atoms with E-state index in [1.165, 1.54) is 7.11 Å². The van der Waals surface area contributed by atoms with Crippen LogP contribution in [-0.4, -0.2) is 78.5 Å². The van der Waals surface area contributed by atoms with Gasteiger partial charge in [-0.25, -0.2) is 0 Å². The van der Waals surface area contributed by atoms with Gasteiger partial charge in [0.2, 0.25) is 0 Å². The molecule has 0 bridgehead atoms. The molecule has 27 heavy (non-hydrogen) atoms. The van der Waals surface area contributed by atoms with Crippen molar-refractivity contribution in [2.45, 2.75) is 25.4 Å². The van der Waals surface area contributed by atoms with E-state index in [0.29, 0.717) is 31.4 Å². The topological polar surface area (TPSA) is 82.5 Å². The average molecular weight is 376 g/mol. The zero-order chi connectivity index (χ0) is 19.0. The molecule has 3 aliphatic heterocycles. The summed E-state index contributed by atoms with van der Waals surface area (Å²) in [6.45, 7) is 5.00. The van der Waals surface area contributed by atoms with Gasteiger partial charge in [-0.1, -0.05) is 6.07 Å². The Hall–Kier alpha value is -1.83. The number of phenolic OH excluding ortho intramolecular Hbond substituents is 1. The Balaban J connectivity index is 1.45. The second-order valence-corrected chi connectivity index (χ2v) is 8.11. The van der Waals surface area contributed by atoms with E-state index in [1.54, 1.807) is 12.1 Å². The molecule has 0 spiro atoms. The van der Waals surface area contributed by atoms with Crippen molar-refractivity contribution in [2.75, 3.05) is 46.5 Å². The van der Waals surface area contributed by atoms with Gasteiger partial charge in [0.05, 0.1) is 12.5 Å².